The zero-order valence-corrected chi connectivity index (χ0v) is 17.6. The fourth-order valence-corrected chi connectivity index (χ4v) is 2.22. The lowest BCUT2D eigenvalue weighted by atomic mass is 10.2. The number of benzene rings is 2. The molecule has 28 heavy (non-hydrogen) atoms. The summed E-state index contributed by atoms with van der Waals surface area (Å²) in [7, 11) is 1.53. The maximum Gasteiger partial charge on any atom is 0.573 e. The summed E-state index contributed by atoms with van der Waals surface area (Å²) >= 11 is 0. The van der Waals surface area contributed by atoms with E-state index in [4.69, 9.17) is 15.2 Å². The SMILES string of the molecule is CCOc1ccc(CN=C(N)Nc2ccccc2OC(F)(F)F)cc1OC.I. The van der Waals surface area contributed by atoms with Crippen LogP contribution in [-0.2, 0) is 6.54 Å². The molecule has 0 spiro atoms. The van der Waals surface area contributed by atoms with Crippen molar-refractivity contribution in [1.29, 1.82) is 0 Å². The van der Waals surface area contributed by atoms with Gasteiger partial charge < -0.3 is 25.3 Å². The van der Waals surface area contributed by atoms with Crippen LogP contribution in [-0.4, -0.2) is 26.0 Å². The number of nitrogens with zero attached hydrogens (tertiary/aromatic N) is 1. The van der Waals surface area contributed by atoms with Crippen LogP contribution in [0.2, 0.25) is 0 Å². The number of hydrogen-bond acceptors (Lipinski definition) is 4. The lowest BCUT2D eigenvalue weighted by Crippen LogP contribution is -2.24. The monoisotopic (exact) mass is 511 g/mol. The molecule has 0 aliphatic rings. The highest BCUT2D eigenvalue weighted by atomic mass is 127. The van der Waals surface area contributed by atoms with Gasteiger partial charge in [0.1, 0.15) is 0 Å². The Kier molecular flexibility index (Phi) is 9.16. The molecule has 0 aliphatic heterocycles. The number of guanidine groups is 1. The number of halogens is 4. The fourth-order valence-electron chi connectivity index (χ4n) is 2.22. The van der Waals surface area contributed by atoms with Crippen molar-refractivity contribution in [3.63, 3.8) is 0 Å². The van der Waals surface area contributed by atoms with Gasteiger partial charge in [0.25, 0.3) is 0 Å². The lowest BCUT2D eigenvalue weighted by Gasteiger charge is -2.14. The van der Waals surface area contributed by atoms with Crippen molar-refractivity contribution in [1.82, 2.24) is 0 Å². The van der Waals surface area contributed by atoms with Crippen molar-refractivity contribution in [2.45, 2.75) is 19.8 Å². The molecule has 0 unspecified atom stereocenters. The highest BCUT2D eigenvalue weighted by Gasteiger charge is 2.32. The van der Waals surface area contributed by atoms with Crippen LogP contribution in [0.25, 0.3) is 0 Å². The molecule has 0 atom stereocenters. The van der Waals surface area contributed by atoms with E-state index in [-0.39, 0.29) is 42.2 Å². The van der Waals surface area contributed by atoms with E-state index in [1.165, 1.54) is 25.3 Å². The number of methoxy groups -OCH3 is 1. The molecule has 0 saturated heterocycles. The number of rotatable bonds is 7. The maximum absolute atomic E-state index is 12.5. The van der Waals surface area contributed by atoms with Crippen LogP contribution >= 0.6 is 24.0 Å². The zero-order chi connectivity index (χ0) is 19.9. The second-order valence-electron chi connectivity index (χ2n) is 5.29. The molecular formula is C18H21F3IN3O3. The Hall–Kier alpha value is -2.37. The largest absolute Gasteiger partial charge is 0.573 e. The van der Waals surface area contributed by atoms with Crippen molar-refractivity contribution in [2.24, 2.45) is 10.7 Å². The molecule has 0 bridgehead atoms. The predicted molar refractivity (Wildman–Crippen MR) is 112 cm³/mol. The molecule has 2 rings (SSSR count). The molecule has 10 heteroatoms. The summed E-state index contributed by atoms with van der Waals surface area (Å²) in [5.41, 5.74) is 6.63. The molecule has 0 saturated carbocycles. The first kappa shape index (κ1) is 23.7. The second-order valence-corrected chi connectivity index (χ2v) is 5.29. The smallest absolute Gasteiger partial charge is 0.493 e. The van der Waals surface area contributed by atoms with E-state index in [1.807, 2.05) is 6.92 Å². The summed E-state index contributed by atoms with van der Waals surface area (Å²) in [5.74, 6) is 0.712. The first-order valence-electron chi connectivity index (χ1n) is 8.03. The van der Waals surface area contributed by atoms with E-state index in [2.05, 4.69) is 15.0 Å². The Morgan fingerprint density at radius 2 is 1.82 bits per heavy atom. The van der Waals surface area contributed by atoms with Crippen LogP contribution in [0.5, 0.6) is 17.2 Å². The number of ether oxygens (including phenoxy) is 3. The van der Waals surface area contributed by atoms with Crippen LogP contribution in [0.15, 0.2) is 47.5 Å². The van der Waals surface area contributed by atoms with Gasteiger partial charge in [-0.1, -0.05) is 18.2 Å². The highest BCUT2D eigenvalue weighted by molar-refractivity contribution is 14.0. The van der Waals surface area contributed by atoms with Crippen molar-refractivity contribution in [2.75, 3.05) is 19.0 Å². The van der Waals surface area contributed by atoms with Gasteiger partial charge in [-0.3, -0.25) is 0 Å². The van der Waals surface area contributed by atoms with Gasteiger partial charge in [-0.25, -0.2) is 4.99 Å². The summed E-state index contributed by atoms with van der Waals surface area (Å²) in [5, 5.41) is 2.61. The molecule has 0 amide bonds. The van der Waals surface area contributed by atoms with E-state index in [1.54, 1.807) is 24.3 Å². The normalized spacial score (nSPS) is 11.4. The van der Waals surface area contributed by atoms with Gasteiger partial charge in [0.2, 0.25) is 0 Å². The Bertz CT molecular complexity index is 801. The van der Waals surface area contributed by atoms with Gasteiger partial charge in [-0.2, -0.15) is 0 Å². The summed E-state index contributed by atoms with van der Waals surface area (Å²) in [4.78, 5) is 4.13. The maximum atomic E-state index is 12.5. The fraction of sp³-hybridized carbons (Fsp3) is 0.278. The summed E-state index contributed by atoms with van der Waals surface area (Å²) < 4.78 is 52.0. The average Bonchev–Trinajstić information content (AvgIpc) is 2.61. The first-order valence-corrected chi connectivity index (χ1v) is 8.03. The van der Waals surface area contributed by atoms with Crippen LogP contribution in [0.4, 0.5) is 18.9 Å². The number of nitrogens with two attached hydrogens (primary N) is 1. The minimum Gasteiger partial charge on any atom is -0.493 e. The Balaban J connectivity index is 0.00000392. The third kappa shape index (κ3) is 7.33. The van der Waals surface area contributed by atoms with Crippen molar-refractivity contribution < 1.29 is 27.4 Å². The minimum absolute atomic E-state index is 0. The molecule has 154 valence electrons. The van der Waals surface area contributed by atoms with Gasteiger partial charge in [0.15, 0.2) is 23.2 Å². The standard InChI is InChI=1S/C18H20F3N3O3.HI/c1-3-26-15-9-8-12(10-16(15)25-2)11-23-17(22)24-13-6-4-5-7-14(13)27-18(19,20)21;/h4-10H,3,11H2,1-2H3,(H3,22,23,24);1H. The van der Waals surface area contributed by atoms with Crippen LogP contribution in [0.3, 0.4) is 0 Å². The van der Waals surface area contributed by atoms with Crippen molar-refractivity contribution in [3.8, 4) is 17.2 Å². The number of aliphatic imine (C=N–C) groups is 1. The Morgan fingerprint density at radius 1 is 1.11 bits per heavy atom. The molecule has 2 aromatic rings. The second kappa shape index (κ2) is 10.8. The van der Waals surface area contributed by atoms with E-state index >= 15 is 0 Å². The van der Waals surface area contributed by atoms with Gasteiger partial charge in [0, 0.05) is 0 Å². The molecule has 0 radical (unpaired) electrons. The lowest BCUT2D eigenvalue weighted by molar-refractivity contribution is -0.274. The first-order chi connectivity index (χ1) is 12.8. The van der Waals surface area contributed by atoms with Gasteiger partial charge in [0.05, 0.1) is 25.9 Å². The number of anilines is 1. The molecule has 0 fully saturated rings. The predicted octanol–water partition coefficient (Wildman–Crippen LogP) is 4.54. The van der Waals surface area contributed by atoms with Gasteiger partial charge in [-0.15, -0.1) is 37.1 Å². The molecular weight excluding hydrogens is 490 g/mol. The summed E-state index contributed by atoms with van der Waals surface area (Å²) in [6.07, 6.45) is -4.80. The quantitative estimate of drug-likeness (QED) is 0.325. The van der Waals surface area contributed by atoms with Crippen LogP contribution in [0, 0.1) is 0 Å². The third-order valence-electron chi connectivity index (χ3n) is 3.34. The summed E-state index contributed by atoms with van der Waals surface area (Å²) in [6.45, 7) is 2.57. The molecule has 0 heterocycles. The Morgan fingerprint density at radius 3 is 2.46 bits per heavy atom. The van der Waals surface area contributed by atoms with Crippen molar-refractivity contribution in [3.05, 3.63) is 48.0 Å². The molecule has 0 aromatic heterocycles. The third-order valence-corrected chi connectivity index (χ3v) is 3.34. The van der Waals surface area contributed by atoms with E-state index in [0.717, 1.165) is 5.56 Å². The summed E-state index contributed by atoms with van der Waals surface area (Å²) in [6, 6.07) is 10.9. The topological polar surface area (TPSA) is 78.1 Å². The zero-order valence-electron chi connectivity index (χ0n) is 15.2. The van der Waals surface area contributed by atoms with E-state index in [9.17, 15) is 13.2 Å². The Labute approximate surface area is 177 Å². The number of para-hydroxylation sites is 2. The number of alkyl halides is 3. The highest BCUT2D eigenvalue weighted by Crippen LogP contribution is 2.30. The van der Waals surface area contributed by atoms with Crippen LogP contribution in [0.1, 0.15) is 12.5 Å². The number of hydrogen-bond donors (Lipinski definition) is 2. The number of nitrogens with one attached hydrogen (secondary N) is 1. The van der Waals surface area contributed by atoms with E-state index < -0.39 is 12.1 Å². The van der Waals surface area contributed by atoms with Crippen LogP contribution < -0.4 is 25.3 Å². The minimum atomic E-state index is -4.80. The van der Waals surface area contributed by atoms with Crippen molar-refractivity contribution >= 4 is 35.6 Å². The molecule has 6 nitrogen and oxygen atoms in total. The molecule has 3 N–H and O–H groups in total. The molecule has 0 aliphatic carbocycles. The molecule has 2 aromatic carbocycles. The van der Waals surface area contributed by atoms with Gasteiger partial charge in [-0.05, 0) is 36.8 Å². The van der Waals surface area contributed by atoms with Gasteiger partial charge >= 0.3 is 6.36 Å². The van der Waals surface area contributed by atoms with E-state index in [0.29, 0.717) is 18.1 Å². The average molecular weight is 511 g/mol.